The molecule has 1 unspecified atom stereocenters. The summed E-state index contributed by atoms with van der Waals surface area (Å²) in [7, 11) is 14.7. The van der Waals surface area contributed by atoms with Crippen molar-refractivity contribution in [2.75, 3.05) is 0 Å². The number of rotatable bonds is 2. The number of hydrogen-bond acceptors (Lipinski definition) is 0. The molecular formula is C17H18Cl2Zr. The molecule has 0 nitrogen and oxygen atoms in total. The van der Waals surface area contributed by atoms with E-state index in [9.17, 15) is 0 Å². The fourth-order valence-corrected chi connectivity index (χ4v) is 16.9. The molecule has 1 aromatic rings. The van der Waals surface area contributed by atoms with E-state index in [1.807, 2.05) is 0 Å². The molecule has 0 fully saturated rings. The molecule has 0 saturated carbocycles. The average molecular weight is 384 g/mol. The van der Waals surface area contributed by atoms with Crippen LogP contribution in [0.25, 0.3) is 6.08 Å². The second-order valence-corrected chi connectivity index (χ2v) is 28.0. The van der Waals surface area contributed by atoms with Crippen LogP contribution in [0.15, 0.2) is 54.6 Å². The Bertz CT molecular complexity index is 700. The summed E-state index contributed by atoms with van der Waals surface area (Å²) in [6.07, 6.45) is 12.9. The molecule has 0 heterocycles. The molecule has 0 saturated heterocycles. The summed E-state index contributed by atoms with van der Waals surface area (Å²) >= 11 is -4.16. The molecule has 0 aliphatic heterocycles. The second kappa shape index (κ2) is 4.90. The van der Waals surface area contributed by atoms with E-state index in [0.29, 0.717) is 0 Å². The molecular weight excluding hydrogens is 366 g/mol. The van der Waals surface area contributed by atoms with E-state index in [1.165, 1.54) is 14.3 Å². The minimum atomic E-state index is -4.16. The fraction of sp³-hybridized carbons (Fsp3) is 0.235. The van der Waals surface area contributed by atoms with Crippen LogP contribution in [-0.4, -0.2) is 3.21 Å². The molecule has 0 N–H and O–H groups in total. The molecule has 1 aromatic carbocycles. The van der Waals surface area contributed by atoms with E-state index in [1.54, 1.807) is 0 Å². The number of benzene rings is 1. The SMILES string of the molecule is C[C](C)=[Zr]([Cl])([Cl])([CH]1C=CC=C1)[CH]1C=Cc2ccccc21. The third kappa shape index (κ3) is 1.94. The van der Waals surface area contributed by atoms with Gasteiger partial charge in [0, 0.05) is 0 Å². The normalized spacial score (nSPS) is 21.6. The standard InChI is InChI=1S/C9H7.C5H5.C3H6.2ClH.Zr/c1-2-5-9-7-3-6-8(9)4-1;1-2-4-5-3-1;1-3-2;;;/h1-7H;1-5H;1-2H3;2*1H;/q;;;;;+2/p-2. The summed E-state index contributed by atoms with van der Waals surface area (Å²) < 4.78 is 1.58. The molecule has 0 aromatic heterocycles. The van der Waals surface area contributed by atoms with Gasteiger partial charge < -0.3 is 0 Å². The van der Waals surface area contributed by atoms with Crippen LogP contribution in [-0.2, 0) is 15.9 Å². The number of allylic oxidation sites excluding steroid dienone is 5. The Kier molecular flexibility index (Phi) is 3.60. The van der Waals surface area contributed by atoms with Crippen molar-refractivity contribution in [2.24, 2.45) is 0 Å². The summed E-state index contributed by atoms with van der Waals surface area (Å²) in [5.74, 6) is 0. The van der Waals surface area contributed by atoms with E-state index in [-0.39, 0.29) is 7.25 Å². The van der Waals surface area contributed by atoms with Crippen LogP contribution in [0.2, 0.25) is 3.63 Å². The van der Waals surface area contributed by atoms with Crippen molar-refractivity contribution >= 4 is 26.3 Å². The quantitative estimate of drug-likeness (QED) is 0.597. The molecule has 20 heavy (non-hydrogen) atoms. The van der Waals surface area contributed by atoms with Gasteiger partial charge in [-0.25, -0.2) is 0 Å². The Morgan fingerprint density at radius 2 is 1.65 bits per heavy atom. The van der Waals surface area contributed by atoms with Gasteiger partial charge in [-0.05, 0) is 0 Å². The van der Waals surface area contributed by atoms with Crippen molar-refractivity contribution in [1.82, 2.24) is 0 Å². The van der Waals surface area contributed by atoms with Crippen LogP contribution in [0.1, 0.15) is 28.6 Å². The summed E-state index contributed by atoms with van der Waals surface area (Å²) in [6, 6.07) is 8.45. The number of hydrogen-bond donors (Lipinski definition) is 0. The molecule has 2 aliphatic carbocycles. The van der Waals surface area contributed by atoms with Gasteiger partial charge in [-0.3, -0.25) is 0 Å². The molecule has 3 heteroatoms. The third-order valence-corrected chi connectivity index (χ3v) is 27.6. The number of halogens is 2. The van der Waals surface area contributed by atoms with Gasteiger partial charge in [0.05, 0.1) is 0 Å². The first-order valence-electron chi connectivity index (χ1n) is 6.94. The zero-order valence-corrected chi connectivity index (χ0v) is 15.7. The van der Waals surface area contributed by atoms with Gasteiger partial charge in [0.25, 0.3) is 0 Å². The van der Waals surface area contributed by atoms with Crippen LogP contribution < -0.4 is 0 Å². The summed E-state index contributed by atoms with van der Waals surface area (Å²) in [4.78, 5) is 0. The zero-order chi connectivity index (χ0) is 14.4. The second-order valence-electron chi connectivity index (χ2n) is 5.91. The van der Waals surface area contributed by atoms with Crippen molar-refractivity contribution in [3.63, 3.8) is 0 Å². The molecule has 0 bridgehead atoms. The van der Waals surface area contributed by atoms with Gasteiger partial charge in [-0.2, -0.15) is 0 Å². The molecule has 0 radical (unpaired) electrons. The molecule has 104 valence electrons. The van der Waals surface area contributed by atoms with Crippen molar-refractivity contribution < 1.29 is 15.9 Å². The van der Waals surface area contributed by atoms with E-state index in [2.05, 4.69) is 74.6 Å². The fourth-order valence-electron chi connectivity index (χ4n) is 3.35. The first kappa shape index (κ1) is 14.7. The van der Waals surface area contributed by atoms with Gasteiger partial charge in [0.15, 0.2) is 0 Å². The first-order chi connectivity index (χ1) is 9.44. The first-order valence-corrected chi connectivity index (χ1v) is 17.3. The molecule has 3 rings (SSSR count). The Morgan fingerprint density at radius 3 is 2.30 bits per heavy atom. The molecule has 2 aliphatic rings. The van der Waals surface area contributed by atoms with Gasteiger partial charge in [-0.15, -0.1) is 0 Å². The van der Waals surface area contributed by atoms with E-state index in [0.717, 1.165) is 0 Å². The number of fused-ring (bicyclic) bond motifs is 1. The van der Waals surface area contributed by atoms with Gasteiger partial charge >= 0.3 is 129 Å². The van der Waals surface area contributed by atoms with Crippen molar-refractivity contribution in [3.05, 3.63) is 65.8 Å². The van der Waals surface area contributed by atoms with Crippen LogP contribution in [0.5, 0.6) is 0 Å². The predicted molar refractivity (Wildman–Crippen MR) is 88.3 cm³/mol. The Balaban J connectivity index is 2.26. The third-order valence-electron chi connectivity index (χ3n) is 4.68. The molecule has 1 atom stereocenters. The predicted octanol–water partition coefficient (Wildman–Crippen LogP) is 5.88. The summed E-state index contributed by atoms with van der Waals surface area (Å²) in [5, 5.41) is 0. The van der Waals surface area contributed by atoms with Gasteiger partial charge in [-0.1, -0.05) is 0 Å². The van der Waals surface area contributed by atoms with Gasteiger partial charge in [0.1, 0.15) is 0 Å². The average Bonchev–Trinajstić information content (AvgIpc) is 3.09. The van der Waals surface area contributed by atoms with Gasteiger partial charge in [0.2, 0.25) is 0 Å². The van der Waals surface area contributed by atoms with Crippen LogP contribution in [0.3, 0.4) is 0 Å². The van der Waals surface area contributed by atoms with Crippen LogP contribution in [0, 0.1) is 0 Å². The van der Waals surface area contributed by atoms with Crippen molar-refractivity contribution in [1.29, 1.82) is 0 Å². The Labute approximate surface area is 128 Å². The zero-order valence-electron chi connectivity index (χ0n) is 11.7. The summed E-state index contributed by atoms with van der Waals surface area (Å²) in [5.41, 5.74) is 2.55. The summed E-state index contributed by atoms with van der Waals surface area (Å²) in [6.45, 7) is 4.22. The Hall–Kier alpha value is -0.227. The van der Waals surface area contributed by atoms with E-state index < -0.39 is 15.9 Å². The van der Waals surface area contributed by atoms with Crippen molar-refractivity contribution in [3.8, 4) is 0 Å². The maximum absolute atomic E-state index is 7.35. The molecule has 0 amide bonds. The minimum absolute atomic E-state index is 0.165. The Morgan fingerprint density at radius 1 is 1.00 bits per heavy atom. The molecule has 0 spiro atoms. The monoisotopic (exact) mass is 382 g/mol. The van der Waals surface area contributed by atoms with Crippen LogP contribution >= 0.6 is 17.0 Å². The maximum atomic E-state index is 7.35. The van der Waals surface area contributed by atoms with Crippen molar-refractivity contribution in [2.45, 2.75) is 21.1 Å². The van der Waals surface area contributed by atoms with E-state index >= 15 is 0 Å². The van der Waals surface area contributed by atoms with Crippen LogP contribution in [0.4, 0.5) is 0 Å². The van der Waals surface area contributed by atoms with E-state index in [4.69, 9.17) is 17.0 Å². The topological polar surface area (TPSA) is 0 Å².